The van der Waals surface area contributed by atoms with Gasteiger partial charge in [0.1, 0.15) is 0 Å². The van der Waals surface area contributed by atoms with Crippen molar-refractivity contribution in [3.05, 3.63) is 63.8 Å². The SMILES string of the molecule is C/C=N\c1ccn(Cc2nnc3c(F)cc(-c4cc(C)no4)cn23)c(=O)c1C. The smallest absolute Gasteiger partial charge is 0.256 e. The second-order valence-electron chi connectivity index (χ2n) is 6.37. The van der Waals surface area contributed by atoms with Crippen molar-refractivity contribution < 1.29 is 8.91 Å². The molecule has 142 valence electrons. The molecule has 0 saturated carbocycles. The van der Waals surface area contributed by atoms with E-state index in [1.807, 2.05) is 0 Å². The first-order chi connectivity index (χ1) is 13.5. The number of hydrogen-bond donors (Lipinski definition) is 0. The molecule has 0 bridgehead atoms. The molecule has 4 heterocycles. The highest BCUT2D eigenvalue weighted by atomic mass is 19.1. The topological polar surface area (TPSA) is 90.6 Å². The van der Waals surface area contributed by atoms with Gasteiger partial charge in [-0.1, -0.05) is 5.16 Å². The van der Waals surface area contributed by atoms with Crippen LogP contribution in [0.2, 0.25) is 0 Å². The van der Waals surface area contributed by atoms with Crippen molar-refractivity contribution in [2.45, 2.75) is 27.3 Å². The van der Waals surface area contributed by atoms with Gasteiger partial charge in [-0.3, -0.25) is 14.2 Å². The Bertz CT molecular complexity index is 1270. The zero-order valence-corrected chi connectivity index (χ0v) is 15.5. The summed E-state index contributed by atoms with van der Waals surface area (Å²) in [6, 6.07) is 4.79. The van der Waals surface area contributed by atoms with Gasteiger partial charge in [-0.25, -0.2) is 4.39 Å². The molecule has 4 aromatic heterocycles. The number of aliphatic imine (C=N–C) groups is 1. The number of aryl methyl sites for hydroxylation is 1. The quantitative estimate of drug-likeness (QED) is 0.508. The molecular formula is C19H17FN6O2. The Morgan fingerprint density at radius 2 is 2.11 bits per heavy atom. The minimum absolute atomic E-state index is 0.0759. The predicted octanol–water partition coefficient (Wildman–Crippen LogP) is 3.07. The summed E-state index contributed by atoms with van der Waals surface area (Å²) in [5.41, 5.74) is 2.22. The lowest BCUT2D eigenvalue weighted by Gasteiger charge is -2.08. The van der Waals surface area contributed by atoms with E-state index in [2.05, 4.69) is 20.3 Å². The Kier molecular flexibility index (Phi) is 4.34. The molecule has 0 unspecified atom stereocenters. The molecule has 0 aliphatic rings. The van der Waals surface area contributed by atoms with Gasteiger partial charge in [0.2, 0.25) is 0 Å². The van der Waals surface area contributed by atoms with E-state index in [-0.39, 0.29) is 17.8 Å². The van der Waals surface area contributed by atoms with Crippen LogP contribution in [0.1, 0.15) is 24.0 Å². The fourth-order valence-corrected chi connectivity index (χ4v) is 2.98. The molecule has 28 heavy (non-hydrogen) atoms. The maximum absolute atomic E-state index is 14.5. The second kappa shape index (κ2) is 6.84. The molecular weight excluding hydrogens is 363 g/mol. The minimum atomic E-state index is -0.540. The fourth-order valence-electron chi connectivity index (χ4n) is 2.98. The van der Waals surface area contributed by atoms with E-state index >= 15 is 0 Å². The van der Waals surface area contributed by atoms with Gasteiger partial charge in [0, 0.05) is 35.8 Å². The summed E-state index contributed by atoms with van der Waals surface area (Å²) in [4.78, 5) is 16.8. The van der Waals surface area contributed by atoms with Gasteiger partial charge in [0.25, 0.3) is 5.56 Å². The molecule has 0 N–H and O–H groups in total. The summed E-state index contributed by atoms with van der Waals surface area (Å²) >= 11 is 0. The molecule has 0 amide bonds. The Morgan fingerprint density at radius 1 is 1.29 bits per heavy atom. The van der Waals surface area contributed by atoms with Crippen LogP contribution in [-0.2, 0) is 6.54 Å². The van der Waals surface area contributed by atoms with E-state index in [0.29, 0.717) is 34.1 Å². The van der Waals surface area contributed by atoms with Crippen molar-refractivity contribution in [3.8, 4) is 11.3 Å². The first kappa shape index (κ1) is 17.8. The summed E-state index contributed by atoms with van der Waals surface area (Å²) < 4.78 is 22.7. The maximum Gasteiger partial charge on any atom is 0.256 e. The lowest BCUT2D eigenvalue weighted by molar-refractivity contribution is 0.426. The molecule has 8 nitrogen and oxygen atoms in total. The molecule has 4 aromatic rings. The van der Waals surface area contributed by atoms with Crippen molar-refractivity contribution in [1.82, 2.24) is 24.3 Å². The highest BCUT2D eigenvalue weighted by Gasteiger charge is 2.16. The molecule has 0 aliphatic carbocycles. The van der Waals surface area contributed by atoms with Gasteiger partial charge in [0.05, 0.1) is 17.9 Å². The Hall–Kier alpha value is -3.62. The second-order valence-corrected chi connectivity index (χ2v) is 6.37. The summed E-state index contributed by atoms with van der Waals surface area (Å²) in [7, 11) is 0. The summed E-state index contributed by atoms with van der Waals surface area (Å²) in [5, 5.41) is 11.8. The molecule has 0 saturated heterocycles. The molecule has 0 aliphatic heterocycles. The van der Waals surface area contributed by atoms with E-state index in [1.54, 1.807) is 51.5 Å². The van der Waals surface area contributed by atoms with Gasteiger partial charge < -0.3 is 9.09 Å². The van der Waals surface area contributed by atoms with Crippen molar-refractivity contribution in [2.75, 3.05) is 0 Å². The van der Waals surface area contributed by atoms with E-state index in [9.17, 15) is 9.18 Å². The Labute approximate surface area is 159 Å². The predicted molar refractivity (Wildman–Crippen MR) is 102 cm³/mol. The van der Waals surface area contributed by atoms with Crippen LogP contribution in [-0.4, -0.2) is 30.5 Å². The zero-order chi connectivity index (χ0) is 19.8. The Balaban J connectivity index is 1.79. The van der Waals surface area contributed by atoms with Crippen molar-refractivity contribution in [3.63, 3.8) is 0 Å². The maximum atomic E-state index is 14.5. The molecule has 0 fully saturated rings. The van der Waals surface area contributed by atoms with Gasteiger partial charge >= 0.3 is 0 Å². The van der Waals surface area contributed by atoms with Crippen molar-refractivity contribution in [2.24, 2.45) is 4.99 Å². The average molecular weight is 380 g/mol. The van der Waals surface area contributed by atoms with Crippen LogP contribution in [0.25, 0.3) is 17.0 Å². The van der Waals surface area contributed by atoms with Crippen LogP contribution in [0.5, 0.6) is 0 Å². The summed E-state index contributed by atoms with van der Waals surface area (Å²) in [6.07, 6.45) is 4.94. The van der Waals surface area contributed by atoms with Gasteiger partial charge in [-0.2, -0.15) is 0 Å². The number of aromatic nitrogens is 5. The van der Waals surface area contributed by atoms with Crippen LogP contribution in [0.3, 0.4) is 0 Å². The fraction of sp³-hybridized carbons (Fsp3) is 0.211. The van der Waals surface area contributed by atoms with E-state index in [4.69, 9.17) is 4.52 Å². The van der Waals surface area contributed by atoms with Gasteiger partial charge in [0.15, 0.2) is 23.0 Å². The number of nitrogens with zero attached hydrogens (tertiary/aromatic N) is 6. The number of hydrogen-bond acceptors (Lipinski definition) is 6. The molecule has 0 aromatic carbocycles. The van der Waals surface area contributed by atoms with Crippen LogP contribution < -0.4 is 5.56 Å². The lowest BCUT2D eigenvalue weighted by Crippen LogP contribution is -2.23. The normalized spacial score (nSPS) is 11.7. The minimum Gasteiger partial charge on any atom is -0.356 e. The van der Waals surface area contributed by atoms with Gasteiger partial charge in [-0.15, -0.1) is 10.2 Å². The number of fused-ring (bicyclic) bond motifs is 1. The molecule has 9 heteroatoms. The molecule has 4 rings (SSSR count). The zero-order valence-electron chi connectivity index (χ0n) is 15.5. The number of halogens is 1. The standard InChI is InChI=1S/C19H17FN6O2/c1-4-21-15-5-6-25(19(27)12(15)3)10-17-22-23-18-14(20)8-13(9-26(17)18)16-7-11(2)24-28-16/h4-9H,10H2,1-3H3/b21-4-. The number of rotatable bonds is 4. The summed E-state index contributed by atoms with van der Waals surface area (Å²) in [5.74, 6) is 0.314. The van der Waals surface area contributed by atoms with Crippen LogP contribution >= 0.6 is 0 Å². The summed E-state index contributed by atoms with van der Waals surface area (Å²) in [6.45, 7) is 5.42. The highest BCUT2D eigenvalue weighted by Crippen LogP contribution is 2.23. The van der Waals surface area contributed by atoms with E-state index in [1.165, 1.54) is 15.0 Å². The molecule has 0 radical (unpaired) electrons. The van der Waals surface area contributed by atoms with E-state index < -0.39 is 5.82 Å². The average Bonchev–Trinajstić information content (AvgIpc) is 3.28. The lowest BCUT2D eigenvalue weighted by atomic mass is 10.2. The van der Waals surface area contributed by atoms with Crippen LogP contribution in [0, 0.1) is 19.7 Å². The molecule has 0 spiro atoms. The third-order valence-electron chi connectivity index (χ3n) is 4.40. The highest BCUT2D eigenvalue weighted by molar-refractivity contribution is 5.62. The monoisotopic (exact) mass is 380 g/mol. The van der Waals surface area contributed by atoms with Gasteiger partial charge in [-0.05, 0) is 32.9 Å². The van der Waals surface area contributed by atoms with E-state index in [0.717, 1.165) is 0 Å². The first-order valence-corrected chi connectivity index (χ1v) is 8.63. The third kappa shape index (κ3) is 3.00. The third-order valence-corrected chi connectivity index (χ3v) is 4.40. The van der Waals surface area contributed by atoms with Crippen molar-refractivity contribution >= 4 is 17.5 Å². The van der Waals surface area contributed by atoms with Crippen LogP contribution in [0.15, 0.2) is 44.9 Å². The largest absolute Gasteiger partial charge is 0.356 e. The van der Waals surface area contributed by atoms with Crippen molar-refractivity contribution in [1.29, 1.82) is 0 Å². The first-order valence-electron chi connectivity index (χ1n) is 8.63. The Morgan fingerprint density at radius 3 is 2.82 bits per heavy atom. The molecule has 0 atom stereocenters. The van der Waals surface area contributed by atoms with Crippen LogP contribution in [0.4, 0.5) is 10.1 Å². The number of pyridine rings is 2.